The van der Waals surface area contributed by atoms with Crippen LogP contribution in [0.1, 0.15) is 29.1 Å². The van der Waals surface area contributed by atoms with E-state index in [1.54, 1.807) is 4.90 Å². The molecule has 1 fully saturated rings. The van der Waals surface area contributed by atoms with Gasteiger partial charge in [-0.15, -0.1) is 0 Å². The van der Waals surface area contributed by atoms with Crippen LogP contribution in [0.5, 0.6) is 5.75 Å². The molecule has 4 rings (SSSR count). The zero-order valence-corrected chi connectivity index (χ0v) is 18.6. The lowest BCUT2D eigenvalue weighted by molar-refractivity contribution is 0.110. The molecule has 1 amide bonds. The number of hydrogen-bond acceptors (Lipinski definition) is 5. The molecule has 0 N–H and O–H groups in total. The average Bonchev–Trinajstić information content (AvgIpc) is 2.81. The summed E-state index contributed by atoms with van der Waals surface area (Å²) in [5.41, 5.74) is 4.33. The molecule has 1 aliphatic rings. The molecule has 1 aromatic carbocycles. The molecule has 0 aliphatic carbocycles. The van der Waals surface area contributed by atoms with Gasteiger partial charge >= 0.3 is 6.09 Å². The van der Waals surface area contributed by atoms with Gasteiger partial charge in [-0.25, -0.2) is 4.79 Å². The van der Waals surface area contributed by atoms with Crippen LogP contribution in [0, 0.1) is 6.92 Å². The van der Waals surface area contributed by atoms with E-state index in [1.807, 2.05) is 67.7 Å². The molecular formula is C26H30N4O2. The van der Waals surface area contributed by atoms with Crippen LogP contribution in [0.25, 0.3) is 0 Å². The first-order valence-electron chi connectivity index (χ1n) is 11.3. The van der Waals surface area contributed by atoms with Crippen molar-refractivity contribution in [3.8, 4) is 5.75 Å². The molecule has 0 spiro atoms. The van der Waals surface area contributed by atoms with E-state index < -0.39 is 0 Å². The Kier molecular flexibility index (Phi) is 7.46. The number of piperazine rings is 1. The fourth-order valence-corrected chi connectivity index (χ4v) is 3.93. The molecule has 0 unspecified atom stereocenters. The first-order chi connectivity index (χ1) is 15.7. The average molecular weight is 431 g/mol. The van der Waals surface area contributed by atoms with Crippen LogP contribution in [-0.4, -0.2) is 58.6 Å². The minimum Gasteiger partial charge on any atom is -0.410 e. The Bertz CT molecular complexity index is 1000. The summed E-state index contributed by atoms with van der Waals surface area (Å²) in [6, 6.07) is 19.8. The van der Waals surface area contributed by atoms with E-state index in [4.69, 9.17) is 4.74 Å². The van der Waals surface area contributed by atoms with Gasteiger partial charge in [0.2, 0.25) is 0 Å². The molecule has 0 atom stereocenters. The normalized spacial score (nSPS) is 14.3. The number of carbonyl (C=O) groups excluding carboxylic acids is 1. The molecule has 3 aromatic rings. The minimum atomic E-state index is -0.272. The van der Waals surface area contributed by atoms with Crippen molar-refractivity contribution in [3.63, 3.8) is 0 Å². The van der Waals surface area contributed by atoms with Crippen LogP contribution in [0.2, 0.25) is 0 Å². The molecule has 0 radical (unpaired) electrons. The molecule has 0 bridgehead atoms. The Morgan fingerprint density at radius 3 is 2.44 bits per heavy atom. The second-order valence-corrected chi connectivity index (χ2v) is 8.21. The second-order valence-electron chi connectivity index (χ2n) is 8.21. The monoisotopic (exact) mass is 430 g/mol. The number of rotatable bonds is 7. The lowest BCUT2D eigenvalue weighted by Gasteiger charge is -2.34. The summed E-state index contributed by atoms with van der Waals surface area (Å²) in [5.74, 6) is 0.578. The van der Waals surface area contributed by atoms with Gasteiger partial charge in [-0.05, 0) is 68.3 Å². The number of nitrogens with zero attached hydrogens (tertiary/aromatic N) is 4. The van der Waals surface area contributed by atoms with Gasteiger partial charge < -0.3 is 9.64 Å². The van der Waals surface area contributed by atoms with E-state index in [1.165, 1.54) is 0 Å². The fourth-order valence-electron chi connectivity index (χ4n) is 3.93. The standard InChI is InChI=1S/C26H30N4O2/c1-21-6-4-8-24(28-21)20-22-10-12-25(13-11-22)32-26(31)30-18-16-29(17-19-30)15-5-9-23-7-2-3-14-27-23/h2-4,6-8,10-14H,5,9,15-20H2,1H3. The van der Waals surface area contributed by atoms with E-state index in [0.29, 0.717) is 18.8 Å². The fraction of sp³-hybridized carbons (Fsp3) is 0.346. The molecule has 0 saturated carbocycles. The number of pyridine rings is 2. The number of benzene rings is 1. The first-order valence-corrected chi connectivity index (χ1v) is 11.3. The second kappa shape index (κ2) is 10.9. The highest BCUT2D eigenvalue weighted by atomic mass is 16.6. The van der Waals surface area contributed by atoms with Gasteiger partial charge in [0.1, 0.15) is 5.75 Å². The van der Waals surface area contributed by atoms with Crippen LogP contribution in [-0.2, 0) is 12.8 Å². The van der Waals surface area contributed by atoms with Crippen LogP contribution in [0.4, 0.5) is 4.79 Å². The molecule has 32 heavy (non-hydrogen) atoms. The summed E-state index contributed by atoms with van der Waals surface area (Å²) >= 11 is 0. The SMILES string of the molecule is Cc1cccc(Cc2ccc(OC(=O)N3CCN(CCCc4ccccn4)CC3)cc2)n1. The van der Waals surface area contributed by atoms with Gasteiger partial charge in [0.05, 0.1) is 0 Å². The highest BCUT2D eigenvalue weighted by molar-refractivity contribution is 5.70. The molecule has 2 aromatic heterocycles. The van der Waals surface area contributed by atoms with E-state index in [2.05, 4.69) is 20.9 Å². The Hall–Kier alpha value is -3.25. The van der Waals surface area contributed by atoms with E-state index in [9.17, 15) is 4.79 Å². The summed E-state index contributed by atoms with van der Waals surface area (Å²) in [6.07, 6.45) is 4.39. The van der Waals surface area contributed by atoms with Gasteiger partial charge in [-0.3, -0.25) is 14.9 Å². The zero-order chi connectivity index (χ0) is 22.2. The molecule has 1 aliphatic heterocycles. The van der Waals surface area contributed by atoms with Gasteiger partial charge in [0, 0.05) is 55.9 Å². The van der Waals surface area contributed by atoms with Crippen molar-refractivity contribution in [2.24, 2.45) is 0 Å². The quantitative estimate of drug-likeness (QED) is 0.564. The number of carbonyl (C=O) groups is 1. The first kappa shape index (κ1) is 22.0. The predicted octanol–water partition coefficient (Wildman–Crippen LogP) is 4.13. The predicted molar refractivity (Wildman–Crippen MR) is 125 cm³/mol. The molecular weight excluding hydrogens is 400 g/mol. The Labute approximate surface area is 189 Å². The molecule has 3 heterocycles. The largest absolute Gasteiger partial charge is 0.415 e. The number of aryl methyl sites for hydroxylation is 2. The third-order valence-electron chi connectivity index (χ3n) is 5.72. The Morgan fingerprint density at radius 2 is 1.72 bits per heavy atom. The molecule has 6 nitrogen and oxygen atoms in total. The maximum Gasteiger partial charge on any atom is 0.415 e. The summed E-state index contributed by atoms with van der Waals surface area (Å²) in [5, 5.41) is 0. The Morgan fingerprint density at radius 1 is 0.938 bits per heavy atom. The lowest BCUT2D eigenvalue weighted by Crippen LogP contribution is -2.49. The summed E-state index contributed by atoms with van der Waals surface area (Å²) in [4.78, 5) is 25.7. The third kappa shape index (κ3) is 6.37. The van der Waals surface area contributed by atoms with Crippen LogP contribution < -0.4 is 4.74 Å². The number of aromatic nitrogens is 2. The van der Waals surface area contributed by atoms with Crippen molar-refractivity contribution in [2.75, 3.05) is 32.7 Å². The smallest absolute Gasteiger partial charge is 0.410 e. The van der Waals surface area contributed by atoms with Crippen LogP contribution in [0.3, 0.4) is 0 Å². The van der Waals surface area contributed by atoms with Crippen molar-refractivity contribution in [3.05, 3.63) is 89.5 Å². The van der Waals surface area contributed by atoms with Gasteiger partial charge in [0.15, 0.2) is 0 Å². The third-order valence-corrected chi connectivity index (χ3v) is 5.72. The topological polar surface area (TPSA) is 58.6 Å². The van der Waals surface area contributed by atoms with E-state index in [0.717, 1.165) is 61.5 Å². The maximum atomic E-state index is 12.6. The minimum absolute atomic E-state index is 0.272. The highest BCUT2D eigenvalue weighted by Crippen LogP contribution is 2.16. The van der Waals surface area contributed by atoms with Crippen LogP contribution >= 0.6 is 0 Å². The van der Waals surface area contributed by atoms with Crippen LogP contribution in [0.15, 0.2) is 66.9 Å². The summed E-state index contributed by atoms with van der Waals surface area (Å²) in [6.45, 7) is 6.16. The molecule has 1 saturated heterocycles. The lowest BCUT2D eigenvalue weighted by atomic mass is 10.1. The highest BCUT2D eigenvalue weighted by Gasteiger charge is 2.22. The molecule has 166 valence electrons. The number of amides is 1. The van der Waals surface area contributed by atoms with Crippen molar-refractivity contribution < 1.29 is 9.53 Å². The van der Waals surface area contributed by atoms with E-state index >= 15 is 0 Å². The summed E-state index contributed by atoms with van der Waals surface area (Å²) < 4.78 is 5.60. The Balaban J connectivity index is 1.19. The summed E-state index contributed by atoms with van der Waals surface area (Å²) in [7, 11) is 0. The van der Waals surface area contributed by atoms with Crippen molar-refractivity contribution >= 4 is 6.09 Å². The van der Waals surface area contributed by atoms with E-state index in [-0.39, 0.29) is 6.09 Å². The maximum absolute atomic E-state index is 12.6. The van der Waals surface area contributed by atoms with Crippen molar-refractivity contribution in [1.82, 2.24) is 19.8 Å². The van der Waals surface area contributed by atoms with Gasteiger partial charge in [-0.1, -0.05) is 24.3 Å². The number of ether oxygens (including phenoxy) is 1. The molecule has 6 heteroatoms. The zero-order valence-electron chi connectivity index (χ0n) is 18.6. The van der Waals surface area contributed by atoms with Gasteiger partial charge in [-0.2, -0.15) is 0 Å². The number of hydrogen-bond donors (Lipinski definition) is 0. The van der Waals surface area contributed by atoms with Crippen molar-refractivity contribution in [2.45, 2.75) is 26.2 Å². The van der Waals surface area contributed by atoms with Crippen molar-refractivity contribution in [1.29, 1.82) is 0 Å². The van der Waals surface area contributed by atoms with Gasteiger partial charge in [0.25, 0.3) is 0 Å².